The quantitative estimate of drug-likeness (QED) is 0.520. The summed E-state index contributed by atoms with van der Waals surface area (Å²) in [5.41, 5.74) is 2.52. The predicted octanol–water partition coefficient (Wildman–Crippen LogP) is 4.59. The minimum atomic E-state index is -0.621. The zero-order chi connectivity index (χ0) is 19.1. The molecule has 1 aliphatic heterocycles. The van der Waals surface area contributed by atoms with Gasteiger partial charge in [0.2, 0.25) is 5.91 Å². The van der Waals surface area contributed by atoms with Crippen molar-refractivity contribution >= 4 is 34.2 Å². The third-order valence-electron chi connectivity index (χ3n) is 4.76. The van der Waals surface area contributed by atoms with Gasteiger partial charge in [-0.05, 0) is 37.7 Å². The molecule has 1 aromatic rings. The Morgan fingerprint density at radius 1 is 1.38 bits per heavy atom. The third kappa shape index (κ3) is 6.22. The van der Waals surface area contributed by atoms with Crippen LogP contribution in [-0.2, 0) is 11.2 Å². The Balaban J connectivity index is 1.79. The molecule has 1 aliphatic rings. The number of hydrogen-bond acceptors (Lipinski definition) is 4. The molecule has 1 saturated heterocycles. The van der Waals surface area contributed by atoms with Gasteiger partial charge in [0.1, 0.15) is 4.32 Å². The first-order valence-electron chi connectivity index (χ1n) is 9.25. The number of aliphatic hydroxyl groups is 1. The Labute approximate surface area is 166 Å². The first kappa shape index (κ1) is 21.1. The number of benzene rings is 1. The van der Waals surface area contributed by atoms with Crippen molar-refractivity contribution in [1.29, 1.82) is 0 Å². The van der Waals surface area contributed by atoms with Crippen molar-refractivity contribution in [2.75, 3.05) is 5.75 Å². The summed E-state index contributed by atoms with van der Waals surface area (Å²) in [6.07, 6.45) is 4.03. The van der Waals surface area contributed by atoms with Crippen molar-refractivity contribution in [2.24, 2.45) is 5.92 Å². The Bertz CT molecular complexity index is 643. The number of carbonyl (C=O) groups is 1. The molecule has 0 bridgehead atoms. The van der Waals surface area contributed by atoms with Crippen molar-refractivity contribution < 1.29 is 9.90 Å². The lowest BCUT2D eigenvalue weighted by atomic mass is 10.0. The van der Waals surface area contributed by atoms with Crippen LogP contribution in [0, 0.1) is 5.92 Å². The van der Waals surface area contributed by atoms with E-state index in [9.17, 15) is 9.90 Å². The lowest BCUT2D eigenvalue weighted by molar-refractivity contribution is -0.130. The van der Waals surface area contributed by atoms with Gasteiger partial charge < -0.3 is 5.11 Å². The van der Waals surface area contributed by atoms with Crippen LogP contribution in [0.4, 0.5) is 0 Å². The summed E-state index contributed by atoms with van der Waals surface area (Å²) in [4.78, 5) is 14.3. The maximum atomic E-state index is 12.6. The van der Waals surface area contributed by atoms with E-state index in [0.717, 1.165) is 18.6 Å². The fraction of sp³-hybridized carbons (Fsp3) is 0.524. The Hall–Kier alpha value is -1.17. The van der Waals surface area contributed by atoms with Gasteiger partial charge in [-0.25, -0.2) is 0 Å². The second-order valence-electron chi connectivity index (χ2n) is 7.29. The van der Waals surface area contributed by atoms with Crippen molar-refractivity contribution in [2.45, 2.75) is 58.6 Å². The topological polar surface area (TPSA) is 40.5 Å². The minimum absolute atomic E-state index is 0.0443. The van der Waals surface area contributed by atoms with Crippen LogP contribution in [0.3, 0.4) is 0 Å². The molecule has 1 amide bonds. The van der Waals surface area contributed by atoms with E-state index in [1.165, 1.54) is 11.1 Å². The van der Waals surface area contributed by atoms with Crippen LogP contribution in [0.5, 0.6) is 0 Å². The molecule has 0 spiro atoms. The number of thiocarbonyl (C=S) groups is 1. The zero-order valence-corrected chi connectivity index (χ0v) is 17.5. The molecule has 3 nitrogen and oxygen atoms in total. The summed E-state index contributed by atoms with van der Waals surface area (Å²) in [6, 6.07) is 10.5. The van der Waals surface area contributed by atoms with E-state index in [4.69, 9.17) is 12.2 Å². The summed E-state index contributed by atoms with van der Waals surface area (Å²) in [7, 11) is 0. The largest absolute Gasteiger partial charge is 0.393 e. The fourth-order valence-corrected chi connectivity index (χ4v) is 4.68. The van der Waals surface area contributed by atoms with E-state index in [2.05, 4.69) is 39.0 Å². The highest BCUT2D eigenvalue weighted by molar-refractivity contribution is 8.23. The van der Waals surface area contributed by atoms with Gasteiger partial charge in [0.15, 0.2) is 0 Å². The van der Waals surface area contributed by atoms with E-state index in [1.54, 1.807) is 16.7 Å². The highest BCUT2D eigenvalue weighted by Crippen LogP contribution is 2.29. The zero-order valence-electron chi connectivity index (χ0n) is 15.9. The summed E-state index contributed by atoms with van der Waals surface area (Å²) < 4.78 is 0.653. The standard InChI is InChI=1S/C21H29NO2S2/c1-15(2)19-14-26-21(25)22(19)20(24)13-18(23)12-10-16(3)9-11-17-7-5-4-6-8-17/h4-9,15,18-19,23H,10-14H2,1-3H3/b16-9+/t18-,19+/m1/s1. The van der Waals surface area contributed by atoms with Crippen molar-refractivity contribution in [3.63, 3.8) is 0 Å². The van der Waals surface area contributed by atoms with Crippen molar-refractivity contribution in [3.8, 4) is 0 Å². The average Bonchev–Trinajstić information content (AvgIpc) is 3.01. The number of amides is 1. The molecule has 0 radical (unpaired) electrons. The maximum Gasteiger partial charge on any atom is 0.230 e. The van der Waals surface area contributed by atoms with Crippen LogP contribution in [-0.4, -0.2) is 38.1 Å². The number of hydrogen-bond donors (Lipinski definition) is 1. The lowest BCUT2D eigenvalue weighted by Crippen LogP contribution is -2.42. The Morgan fingerprint density at radius 3 is 2.73 bits per heavy atom. The number of thioether (sulfide) groups is 1. The molecular formula is C21H29NO2S2. The van der Waals surface area contributed by atoms with Crippen LogP contribution < -0.4 is 0 Å². The molecule has 0 aromatic heterocycles. The molecule has 1 aromatic carbocycles. The molecule has 142 valence electrons. The van der Waals surface area contributed by atoms with Gasteiger partial charge in [0.25, 0.3) is 0 Å². The summed E-state index contributed by atoms with van der Waals surface area (Å²) in [6.45, 7) is 6.30. The SMILES string of the molecule is C/C(=C\Cc1ccccc1)CC[C@@H](O)CC(=O)N1C(=S)SC[C@H]1C(C)C. The monoisotopic (exact) mass is 391 g/mol. The second-order valence-corrected chi connectivity index (χ2v) is 8.94. The molecular weight excluding hydrogens is 362 g/mol. The summed E-state index contributed by atoms with van der Waals surface area (Å²) in [5.74, 6) is 1.18. The van der Waals surface area contributed by atoms with Gasteiger partial charge in [-0.1, -0.05) is 79.8 Å². The maximum absolute atomic E-state index is 12.6. The van der Waals surface area contributed by atoms with Crippen molar-refractivity contribution in [1.82, 2.24) is 4.90 Å². The molecule has 2 atom stereocenters. The molecule has 5 heteroatoms. The molecule has 0 unspecified atom stereocenters. The lowest BCUT2D eigenvalue weighted by Gasteiger charge is -2.27. The molecule has 0 aliphatic carbocycles. The van der Waals surface area contributed by atoms with Crippen LogP contribution in [0.2, 0.25) is 0 Å². The highest BCUT2D eigenvalue weighted by Gasteiger charge is 2.36. The smallest absolute Gasteiger partial charge is 0.230 e. The molecule has 1 heterocycles. The van der Waals surface area contributed by atoms with Gasteiger partial charge >= 0.3 is 0 Å². The van der Waals surface area contributed by atoms with E-state index < -0.39 is 6.10 Å². The van der Waals surface area contributed by atoms with E-state index >= 15 is 0 Å². The van der Waals surface area contributed by atoms with Crippen LogP contribution >= 0.6 is 24.0 Å². The molecule has 1 N–H and O–H groups in total. The van der Waals surface area contributed by atoms with Gasteiger partial charge in [0, 0.05) is 11.8 Å². The van der Waals surface area contributed by atoms with E-state index in [0.29, 0.717) is 16.7 Å². The summed E-state index contributed by atoms with van der Waals surface area (Å²) >= 11 is 6.90. The predicted molar refractivity (Wildman–Crippen MR) is 114 cm³/mol. The number of allylic oxidation sites excluding steroid dienone is 2. The fourth-order valence-electron chi connectivity index (χ4n) is 3.02. The molecule has 26 heavy (non-hydrogen) atoms. The number of rotatable bonds is 8. The second kappa shape index (κ2) is 10.2. The first-order chi connectivity index (χ1) is 12.4. The molecule has 2 rings (SSSR count). The van der Waals surface area contributed by atoms with Gasteiger partial charge in [-0.2, -0.15) is 0 Å². The Morgan fingerprint density at radius 2 is 2.08 bits per heavy atom. The number of aliphatic hydroxyl groups excluding tert-OH is 1. The number of carbonyl (C=O) groups excluding carboxylic acids is 1. The van der Waals surface area contributed by atoms with Gasteiger partial charge in [0.05, 0.1) is 12.5 Å². The van der Waals surface area contributed by atoms with E-state index in [1.807, 2.05) is 18.2 Å². The minimum Gasteiger partial charge on any atom is -0.393 e. The highest BCUT2D eigenvalue weighted by atomic mass is 32.2. The molecule has 1 fully saturated rings. The third-order valence-corrected chi connectivity index (χ3v) is 6.26. The Kier molecular flexibility index (Phi) is 8.32. The van der Waals surface area contributed by atoms with Crippen LogP contribution in [0.25, 0.3) is 0 Å². The van der Waals surface area contributed by atoms with Gasteiger partial charge in [-0.15, -0.1) is 0 Å². The number of nitrogens with zero attached hydrogens (tertiary/aromatic N) is 1. The van der Waals surface area contributed by atoms with Crippen LogP contribution in [0.1, 0.15) is 45.6 Å². The summed E-state index contributed by atoms with van der Waals surface area (Å²) in [5, 5.41) is 10.3. The normalized spacial score (nSPS) is 19.3. The van der Waals surface area contributed by atoms with Crippen molar-refractivity contribution in [3.05, 3.63) is 47.5 Å². The van der Waals surface area contributed by atoms with Gasteiger partial charge in [-0.3, -0.25) is 9.69 Å². The molecule has 0 saturated carbocycles. The average molecular weight is 392 g/mol. The van der Waals surface area contributed by atoms with E-state index in [-0.39, 0.29) is 18.4 Å². The first-order valence-corrected chi connectivity index (χ1v) is 10.6. The van der Waals surface area contributed by atoms with Crippen LogP contribution in [0.15, 0.2) is 42.0 Å².